The molecule has 3 heteroatoms. The molecule has 2 aromatic rings. The average molecular weight is 334 g/mol. The second-order valence-corrected chi connectivity index (χ2v) is 9.09. The lowest BCUT2D eigenvalue weighted by atomic mass is 9.80. The number of nitrogens with zero attached hydrogens (tertiary/aromatic N) is 2. The summed E-state index contributed by atoms with van der Waals surface area (Å²) in [5.41, 5.74) is 7.79. The van der Waals surface area contributed by atoms with Crippen molar-refractivity contribution in [3.05, 3.63) is 53.1 Å². The molecule has 0 amide bonds. The van der Waals surface area contributed by atoms with E-state index < -0.39 is 0 Å². The molecule has 3 nitrogen and oxygen atoms in total. The third kappa shape index (κ3) is 2.53. The number of benzene rings is 2. The third-order valence-electron chi connectivity index (χ3n) is 5.16. The maximum Gasteiger partial charge on any atom is 0.195 e. The fourth-order valence-electron chi connectivity index (χ4n) is 3.52. The molecule has 0 fully saturated rings. The van der Waals surface area contributed by atoms with Crippen molar-refractivity contribution in [1.82, 2.24) is 0 Å². The van der Waals surface area contributed by atoms with Crippen LogP contribution in [0.25, 0.3) is 11.1 Å². The van der Waals surface area contributed by atoms with Crippen molar-refractivity contribution in [2.75, 3.05) is 11.6 Å². The van der Waals surface area contributed by atoms with Gasteiger partial charge in [-0.2, -0.15) is 0 Å². The van der Waals surface area contributed by atoms with Gasteiger partial charge in [-0.3, -0.25) is 4.90 Å². The summed E-state index contributed by atoms with van der Waals surface area (Å²) < 4.78 is 0. The van der Waals surface area contributed by atoms with Crippen LogP contribution in [0.4, 0.5) is 5.69 Å². The first-order valence-electron chi connectivity index (χ1n) is 8.93. The zero-order chi connectivity index (χ0) is 18.0. The van der Waals surface area contributed by atoms with Crippen molar-refractivity contribution in [3.63, 3.8) is 0 Å². The van der Waals surface area contributed by atoms with Crippen molar-refractivity contribution >= 4 is 11.5 Å². The van der Waals surface area contributed by atoms with E-state index in [9.17, 15) is 0 Å². The van der Waals surface area contributed by atoms with Crippen molar-refractivity contribution in [3.8, 4) is 11.1 Å². The number of hydrogen-bond donors (Lipinski definition) is 0. The number of hydrogen-bond acceptors (Lipinski definition) is 3. The van der Waals surface area contributed by atoms with Gasteiger partial charge in [0.2, 0.25) is 0 Å². The maximum absolute atomic E-state index is 5.41. The summed E-state index contributed by atoms with van der Waals surface area (Å²) in [6.07, 6.45) is 0. The lowest BCUT2D eigenvalue weighted by molar-refractivity contribution is 0.174. The van der Waals surface area contributed by atoms with Crippen molar-refractivity contribution < 1.29 is 4.84 Å². The monoisotopic (exact) mass is 334 g/mol. The molecule has 0 aromatic heterocycles. The van der Waals surface area contributed by atoms with Gasteiger partial charge in [0.1, 0.15) is 0 Å². The number of rotatable bonds is 0. The Labute approximate surface area is 150 Å². The minimum absolute atomic E-state index is 0.113. The molecule has 0 saturated heterocycles. The average Bonchev–Trinajstić information content (AvgIpc) is 3.02. The van der Waals surface area contributed by atoms with Crippen molar-refractivity contribution in [2.24, 2.45) is 5.16 Å². The van der Waals surface area contributed by atoms with E-state index in [1.807, 2.05) is 0 Å². The Bertz CT molecular complexity index is 882. The van der Waals surface area contributed by atoms with E-state index in [1.165, 1.54) is 27.9 Å². The van der Waals surface area contributed by atoms with Crippen LogP contribution in [0.15, 0.2) is 41.6 Å². The summed E-state index contributed by atoms with van der Waals surface area (Å²) in [4.78, 5) is 7.58. The molecule has 0 bridgehead atoms. The minimum Gasteiger partial charge on any atom is -0.371 e. The Morgan fingerprint density at radius 1 is 0.800 bits per heavy atom. The molecule has 4 rings (SSSR count). The molecular formula is C22H26N2O. The van der Waals surface area contributed by atoms with Gasteiger partial charge >= 0.3 is 0 Å². The summed E-state index contributed by atoms with van der Waals surface area (Å²) in [5, 5.41) is 4.30. The van der Waals surface area contributed by atoms with Crippen LogP contribution in [0, 0.1) is 0 Å². The quantitative estimate of drug-likeness (QED) is 0.643. The van der Waals surface area contributed by atoms with Gasteiger partial charge in [-0.05, 0) is 45.7 Å². The summed E-state index contributed by atoms with van der Waals surface area (Å²) in [6.45, 7) is 14.0. The van der Waals surface area contributed by atoms with E-state index in [1.54, 1.807) is 0 Å². The molecule has 2 aromatic carbocycles. The second-order valence-electron chi connectivity index (χ2n) is 9.09. The highest BCUT2D eigenvalue weighted by atomic mass is 16.7. The first-order chi connectivity index (χ1) is 11.7. The topological polar surface area (TPSA) is 24.8 Å². The van der Waals surface area contributed by atoms with Crippen LogP contribution in [0.2, 0.25) is 0 Å². The number of oxime groups is 1. The molecule has 0 aliphatic carbocycles. The van der Waals surface area contributed by atoms with Crippen LogP contribution >= 0.6 is 0 Å². The second kappa shape index (κ2) is 5.10. The number of fused-ring (bicyclic) bond motifs is 6. The van der Waals surface area contributed by atoms with Crippen LogP contribution in [0.5, 0.6) is 0 Å². The molecule has 2 heterocycles. The fourth-order valence-corrected chi connectivity index (χ4v) is 3.52. The lowest BCUT2D eigenvalue weighted by Crippen LogP contribution is -2.32. The molecule has 0 N–H and O–H groups in total. The molecule has 0 saturated carbocycles. The molecule has 0 radical (unpaired) electrons. The van der Waals surface area contributed by atoms with Gasteiger partial charge in [0, 0.05) is 11.1 Å². The fraction of sp³-hybridized carbons (Fsp3) is 0.409. The Kier molecular flexibility index (Phi) is 3.31. The van der Waals surface area contributed by atoms with Gasteiger partial charge in [0.25, 0.3) is 0 Å². The van der Waals surface area contributed by atoms with Crippen molar-refractivity contribution in [2.45, 2.75) is 52.4 Å². The number of amidine groups is 1. The highest BCUT2D eigenvalue weighted by Crippen LogP contribution is 2.44. The summed E-state index contributed by atoms with van der Waals surface area (Å²) in [7, 11) is 0. The summed E-state index contributed by atoms with van der Waals surface area (Å²) in [6, 6.07) is 13.5. The molecule has 0 unspecified atom stereocenters. The third-order valence-corrected chi connectivity index (χ3v) is 5.16. The van der Waals surface area contributed by atoms with Crippen LogP contribution in [0.1, 0.15) is 58.2 Å². The van der Waals surface area contributed by atoms with E-state index >= 15 is 0 Å². The van der Waals surface area contributed by atoms with Gasteiger partial charge in [0.05, 0.1) is 5.69 Å². The van der Waals surface area contributed by atoms with Crippen LogP contribution < -0.4 is 4.90 Å². The van der Waals surface area contributed by atoms with Gasteiger partial charge < -0.3 is 4.84 Å². The standard InChI is InChI=1S/C22H26N2O/c1-21(2,3)14-7-9-16-17(11-14)18-12-15(22(4,5)6)8-10-19(18)24-13-25-23-20(16)24/h7-12H,13H2,1-6H3. The Balaban J connectivity index is 1.99. The molecule has 25 heavy (non-hydrogen) atoms. The highest BCUT2D eigenvalue weighted by Gasteiger charge is 2.33. The SMILES string of the molecule is CC(C)(C)c1ccc2c(c1)-c1cc(C(C)(C)C)ccc1N1CON=C21. The molecule has 0 atom stereocenters. The largest absolute Gasteiger partial charge is 0.371 e. The summed E-state index contributed by atoms with van der Waals surface area (Å²) in [5.74, 6) is 0.923. The maximum atomic E-state index is 5.41. The van der Waals surface area contributed by atoms with Gasteiger partial charge in [0.15, 0.2) is 12.6 Å². The molecular weight excluding hydrogens is 308 g/mol. The van der Waals surface area contributed by atoms with E-state index in [0.717, 1.165) is 11.4 Å². The highest BCUT2D eigenvalue weighted by molar-refractivity contribution is 6.19. The number of anilines is 1. The van der Waals surface area contributed by atoms with Gasteiger partial charge in [-0.15, -0.1) is 0 Å². The van der Waals surface area contributed by atoms with E-state index in [4.69, 9.17) is 4.84 Å². The predicted molar refractivity (Wildman–Crippen MR) is 104 cm³/mol. The van der Waals surface area contributed by atoms with Crippen LogP contribution in [-0.2, 0) is 15.7 Å². The predicted octanol–water partition coefficient (Wildman–Crippen LogP) is 5.42. The molecule has 2 aliphatic heterocycles. The zero-order valence-electron chi connectivity index (χ0n) is 16.0. The van der Waals surface area contributed by atoms with Crippen LogP contribution in [-0.4, -0.2) is 12.6 Å². The first kappa shape index (κ1) is 16.2. The smallest absolute Gasteiger partial charge is 0.195 e. The Morgan fingerprint density at radius 3 is 2.04 bits per heavy atom. The molecule has 0 spiro atoms. The van der Waals surface area contributed by atoms with E-state index in [2.05, 4.69) is 88.0 Å². The van der Waals surface area contributed by atoms with E-state index in [0.29, 0.717) is 6.73 Å². The van der Waals surface area contributed by atoms with Gasteiger partial charge in [-0.25, -0.2) is 0 Å². The zero-order valence-corrected chi connectivity index (χ0v) is 16.0. The lowest BCUT2D eigenvalue weighted by Gasteiger charge is -2.31. The molecule has 130 valence electrons. The summed E-state index contributed by atoms with van der Waals surface area (Å²) >= 11 is 0. The first-order valence-corrected chi connectivity index (χ1v) is 8.93. The Hall–Kier alpha value is -2.29. The van der Waals surface area contributed by atoms with Gasteiger partial charge in [-0.1, -0.05) is 64.9 Å². The molecule has 2 aliphatic rings. The normalized spacial score (nSPS) is 15.9. The van der Waals surface area contributed by atoms with Crippen molar-refractivity contribution in [1.29, 1.82) is 0 Å². The Morgan fingerprint density at radius 2 is 1.40 bits per heavy atom. The minimum atomic E-state index is 0.113. The van der Waals surface area contributed by atoms with Crippen LogP contribution in [0.3, 0.4) is 0 Å². The van der Waals surface area contributed by atoms with E-state index in [-0.39, 0.29) is 10.8 Å².